The van der Waals surface area contributed by atoms with Crippen molar-refractivity contribution in [3.63, 3.8) is 0 Å². The van der Waals surface area contributed by atoms with Crippen molar-refractivity contribution in [2.24, 2.45) is 0 Å². The number of fused-ring (bicyclic) bond motifs is 3. The van der Waals surface area contributed by atoms with E-state index < -0.39 is 0 Å². The van der Waals surface area contributed by atoms with Crippen LogP contribution in [0.3, 0.4) is 0 Å². The van der Waals surface area contributed by atoms with Gasteiger partial charge in [0, 0.05) is 29.6 Å². The smallest absolute Gasteiger partial charge is 0.227 e. The number of aryl methyl sites for hydroxylation is 1. The van der Waals surface area contributed by atoms with Crippen molar-refractivity contribution in [3.05, 3.63) is 53.2 Å². The topological polar surface area (TPSA) is 85.7 Å². The van der Waals surface area contributed by atoms with Crippen LogP contribution in [0.4, 0.5) is 11.6 Å². The number of aliphatic hydroxyl groups excluding tert-OH is 1. The van der Waals surface area contributed by atoms with E-state index in [2.05, 4.69) is 49.3 Å². The van der Waals surface area contributed by atoms with E-state index in [0.717, 1.165) is 23.2 Å². The molecule has 7 nitrogen and oxygen atoms in total. The Balaban J connectivity index is 1.73. The highest BCUT2D eigenvalue weighted by Crippen LogP contribution is 2.43. The molecule has 0 amide bonds. The summed E-state index contributed by atoms with van der Waals surface area (Å²) in [5.41, 5.74) is 6.46. The number of rotatable bonds is 7. The lowest BCUT2D eigenvalue weighted by atomic mass is 9.71. The van der Waals surface area contributed by atoms with Gasteiger partial charge in [-0.3, -0.25) is 0 Å². The van der Waals surface area contributed by atoms with Crippen molar-refractivity contribution in [3.8, 4) is 28.5 Å². The van der Waals surface area contributed by atoms with Gasteiger partial charge in [-0.05, 0) is 36.0 Å². The second kappa shape index (κ2) is 8.67. The fourth-order valence-corrected chi connectivity index (χ4v) is 4.24. The van der Waals surface area contributed by atoms with E-state index in [1.54, 1.807) is 26.4 Å². The number of aliphatic hydroxyl groups is 1. The van der Waals surface area contributed by atoms with Crippen LogP contribution in [0.25, 0.3) is 11.3 Å². The van der Waals surface area contributed by atoms with Crippen molar-refractivity contribution in [1.82, 2.24) is 9.97 Å². The van der Waals surface area contributed by atoms with Crippen molar-refractivity contribution < 1.29 is 19.3 Å². The molecular formula is C25H29N3O4. The van der Waals surface area contributed by atoms with Gasteiger partial charge in [-0.2, -0.15) is 0 Å². The predicted octanol–water partition coefficient (Wildman–Crippen LogP) is 4.42. The Labute approximate surface area is 188 Å². The summed E-state index contributed by atoms with van der Waals surface area (Å²) in [6.45, 7) is 6.65. The molecule has 0 radical (unpaired) electrons. The number of aromatic nitrogens is 2. The molecule has 0 unspecified atom stereocenters. The van der Waals surface area contributed by atoms with Crippen molar-refractivity contribution in [2.45, 2.75) is 32.6 Å². The Morgan fingerprint density at radius 1 is 1.09 bits per heavy atom. The molecule has 0 saturated carbocycles. The summed E-state index contributed by atoms with van der Waals surface area (Å²) in [7, 11) is 3.11. The summed E-state index contributed by atoms with van der Waals surface area (Å²) < 4.78 is 16.5. The summed E-state index contributed by atoms with van der Waals surface area (Å²) in [6.07, 6.45) is 2.79. The Hall–Kier alpha value is -3.32. The normalized spacial score (nSPS) is 13.7. The molecule has 0 fully saturated rings. The van der Waals surface area contributed by atoms with E-state index in [1.165, 1.54) is 11.1 Å². The van der Waals surface area contributed by atoms with Crippen LogP contribution in [0, 0.1) is 6.92 Å². The van der Waals surface area contributed by atoms with Crippen LogP contribution in [0.2, 0.25) is 0 Å². The van der Waals surface area contributed by atoms with Gasteiger partial charge in [-0.15, -0.1) is 0 Å². The summed E-state index contributed by atoms with van der Waals surface area (Å²) in [4.78, 5) is 9.43. The minimum absolute atomic E-state index is 0.0244. The standard InChI is InChI=1S/C25H29N3O4/c1-15-6-7-19-18(10-15)22-16(13-25(19,2)3)14-26-24(28-22)27-17-11-20(30-4)23(31-5)21(12-17)32-9-8-29/h6-7,10-12,14,29H,8-9,13H2,1-5H3,(H,26,27,28). The molecule has 0 atom stereocenters. The number of hydrogen-bond donors (Lipinski definition) is 2. The molecule has 4 rings (SSSR count). The molecule has 1 aliphatic carbocycles. The van der Waals surface area contributed by atoms with E-state index in [0.29, 0.717) is 28.9 Å². The van der Waals surface area contributed by atoms with Crippen molar-refractivity contribution >= 4 is 11.6 Å². The maximum absolute atomic E-state index is 9.14. The van der Waals surface area contributed by atoms with Gasteiger partial charge in [0.05, 0.1) is 26.5 Å². The molecule has 1 aromatic heterocycles. The lowest BCUT2D eigenvalue weighted by Crippen LogP contribution is -2.26. The first-order chi connectivity index (χ1) is 15.4. The third-order valence-corrected chi connectivity index (χ3v) is 5.71. The first-order valence-corrected chi connectivity index (χ1v) is 10.6. The second-order valence-electron chi connectivity index (χ2n) is 8.58. The average Bonchev–Trinajstić information content (AvgIpc) is 2.77. The van der Waals surface area contributed by atoms with Crippen LogP contribution in [0.1, 0.15) is 30.5 Å². The van der Waals surface area contributed by atoms with Gasteiger partial charge in [0.2, 0.25) is 11.7 Å². The molecule has 7 heteroatoms. The predicted molar refractivity (Wildman–Crippen MR) is 124 cm³/mol. The highest BCUT2D eigenvalue weighted by Gasteiger charge is 2.32. The van der Waals surface area contributed by atoms with Gasteiger partial charge in [0.25, 0.3) is 0 Å². The molecule has 32 heavy (non-hydrogen) atoms. The van der Waals surface area contributed by atoms with Crippen LogP contribution in [0.5, 0.6) is 17.2 Å². The van der Waals surface area contributed by atoms with E-state index in [9.17, 15) is 0 Å². The molecule has 1 aliphatic rings. The highest BCUT2D eigenvalue weighted by molar-refractivity contribution is 5.74. The number of benzene rings is 2. The van der Waals surface area contributed by atoms with Crippen LogP contribution < -0.4 is 19.5 Å². The second-order valence-corrected chi connectivity index (χ2v) is 8.58. The lowest BCUT2D eigenvalue weighted by molar-refractivity contribution is 0.195. The zero-order valence-corrected chi connectivity index (χ0v) is 19.2. The SMILES string of the molecule is COc1cc(Nc2ncc3c(n2)-c2cc(C)ccc2C(C)(C)C3)cc(OCCO)c1OC. The molecule has 0 spiro atoms. The largest absolute Gasteiger partial charge is 0.493 e. The number of nitrogens with one attached hydrogen (secondary N) is 1. The molecule has 168 valence electrons. The summed E-state index contributed by atoms with van der Waals surface area (Å²) >= 11 is 0. The number of hydrogen-bond acceptors (Lipinski definition) is 7. The minimum atomic E-state index is -0.105. The van der Waals surface area contributed by atoms with E-state index in [4.69, 9.17) is 24.3 Å². The minimum Gasteiger partial charge on any atom is -0.493 e. The molecule has 1 heterocycles. The van der Waals surface area contributed by atoms with Gasteiger partial charge in [-0.25, -0.2) is 9.97 Å². The summed E-state index contributed by atoms with van der Waals surface area (Å²) in [5.74, 6) is 1.91. The monoisotopic (exact) mass is 435 g/mol. The number of methoxy groups -OCH3 is 2. The number of anilines is 2. The Kier molecular flexibility index (Phi) is 5.93. The first-order valence-electron chi connectivity index (χ1n) is 10.6. The fourth-order valence-electron chi connectivity index (χ4n) is 4.24. The highest BCUT2D eigenvalue weighted by atomic mass is 16.5. The third-order valence-electron chi connectivity index (χ3n) is 5.71. The van der Waals surface area contributed by atoms with Gasteiger partial charge >= 0.3 is 0 Å². The van der Waals surface area contributed by atoms with Crippen LogP contribution >= 0.6 is 0 Å². The van der Waals surface area contributed by atoms with Crippen molar-refractivity contribution in [1.29, 1.82) is 0 Å². The first kappa shape index (κ1) is 21.9. The average molecular weight is 436 g/mol. The fraction of sp³-hybridized carbons (Fsp3) is 0.360. The van der Waals surface area contributed by atoms with E-state index in [1.807, 2.05) is 6.20 Å². The zero-order valence-electron chi connectivity index (χ0n) is 19.2. The van der Waals surface area contributed by atoms with Crippen LogP contribution in [-0.2, 0) is 11.8 Å². The maximum atomic E-state index is 9.14. The quantitative estimate of drug-likeness (QED) is 0.568. The molecule has 0 bridgehead atoms. The summed E-state index contributed by atoms with van der Waals surface area (Å²) in [5, 5.41) is 12.4. The van der Waals surface area contributed by atoms with Gasteiger partial charge < -0.3 is 24.6 Å². The molecule has 2 aromatic carbocycles. The van der Waals surface area contributed by atoms with Gasteiger partial charge in [-0.1, -0.05) is 31.5 Å². The number of nitrogens with zero attached hydrogens (tertiary/aromatic N) is 2. The third kappa shape index (κ3) is 4.08. The lowest BCUT2D eigenvalue weighted by Gasteiger charge is -2.33. The van der Waals surface area contributed by atoms with E-state index in [-0.39, 0.29) is 18.6 Å². The van der Waals surface area contributed by atoms with Gasteiger partial charge in [0.15, 0.2) is 11.5 Å². The molecule has 2 N–H and O–H groups in total. The van der Waals surface area contributed by atoms with Crippen molar-refractivity contribution in [2.75, 3.05) is 32.8 Å². The van der Waals surface area contributed by atoms with Crippen LogP contribution in [-0.4, -0.2) is 42.5 Å². The Morgan fingerprint density at radius 3 is 2.59 bits per heavy atom. The Bertz CT molecular complexity index is 1140. The van der Waals surface area contributed by atoms with E-state index >= 15 is 0 Å². The molecular weight excluding hydrogens is 406 g/mol. The number of ether oxygens (including phenoxy) is 3. The summed E-state index contributed by atoms with van der Waals surface area (Å²) in [6, 6.07) is 10.1. The van der Waals surface area contributed by atoms with Gasteiger partial charge in [0.1, 0.15) is 6.61 Å². The molecule has 3 aromatic rings. The Morgan fingerprint density at radius 2 is 1.88 bits per heavy atom. The zero-order chi connectivity index (χ0) is 22.9. The molecule has 0 saturated heterocycles. The molecule has 0 aliphatic heterocycles. The van der Waals surface area contributed by atoms with Crippen LogP contribution in [0.15, 0.2) is 36.5 Å². The maximum Gasteiger partial charge on any atom is 0.227 e.